The molecule has 2 aromatic heterocycles. The van der Waals surface area contributed by atoms with E-state index in [2.05, 4.69) is 19.7 Å². The molecular formula is C17H7F3N6OS. The summed E-state index contributed by atoms with van der Waals surface area (Å²) in [4.78, 5) is 19.5. The Hall–Kier alpha value is -3.83. The molecule has 138 valence electrons. The predicted octanol–water partition coefficient (Wildman–Crippen LogP) is 3.61. The molecular weight excluding hydrogens is 393 g/mol. The second-order valence-corrected chi connectivity index (χ2v) is 5.98. The van der Waals surface area contributed by atoms with Gasteiger partial charge in [-0.15, -0.1) is 0 Å². The third kappa shape index (κ3) is 3.65. The highest BCUT2D eigenvalue weighted by molar-refractivity contribution is 7.10. The van der Waals surface area contributed by atoms with Gasteiger partial charge in [0.15, 0.2) is 11.5 Å². The zero-order valence-electron chi connectivity index (χ0n) is 13.7. The Morgan fingerprint density at radius 1 is 1.11 bits per heavy atom. The standard InChI is InChI=1S/C17H7F3N6OS/c18-17(19,20)13-11(5-2-6-23-13)15(27)25-16-24-14(26-28-16)12-9(7-21)3-1-4-10(12)8-22/h1-6H,(H,24,25,26,27). The zero-order chi connectivity index (χ0) is 20.3. The van der Waals surface area contributed by atoms with Crippen molar-refractivity contribution in [2.45, 2.75) is 6.18 Å². The van der Waals surface area contributed by atoms with E-state index in [-0.39, 0.29) is 27.6 Å². The second kappa shape index (κ2) is 7.42. The van der Waals surface area contributed by atoms with E-state index in [9.17, 15) is 28.5 Å². The van der Waals surface area contributed by atoms with Gasteiger partial charge in [-0.2, -0.15) is 33.1 Å². The van der Waals surface area contributed by atoms with Gasteiger partial charge in [0.2, 0.25) is 5.13 Å². The maximum atomic E-state index is 13.0. The molecule has 28 heavy (non-hydrogen) atoms. The van der Waals surface area contributed by atoms with Gasteiger partial charge in [0.25, 0.3) is 5.91 Å². The van der Waals surface area contributed by atoms with Crippen LogP contribution in [0.2, 0.25) is 0 Å². The van der Waals surface area contributed by atoms with Gasteiger partial charge >= 0.3 is 6.18 Å². The molecule has 1 N–H and O–H groups in total. The van der Waals surface area contributed by atoms with E-state index in [0.717, 1.165) is 12.3 Å². The van der Waals surface area contributed by atoms with Crippen molar-refractivity contribution >= 4 is 22.6 Å². The Morgan fingerprint density at radius 3 is 2.39 bits per heavy atom. The highest BCUT2D eigenvalue weighted by atomic mass is 32.1. The fourth-order valence-corrected chi connectivity index (χ4v) is 2.90. The van der Waals surface area contributed by atoms with Crippen molar-refractivity contribution in [3.63, 3.8) is 0 Å². The van der Waals surface area contributed by atoms with Gasteiger partial charge in [0.05, 0.1) is 34.4 Å². The smallest absolute Gasteiger partial charge is 0.297 e. The monoisotopic (exact) mass is 400 g/mol. The summed E-state index contributed by atoms with van der Waals surface area (Å²) in [7, 11) is 0. The number of hydrogen-bond acceptors (Lipinski definition) is 7. The fraction of sp³-hybridized carbons (Fsp3) is 0.0588. The number of aromatic nitrogens is 3. The molecule has 0 saturated carbocycles. The Kier molecular flexibility index (Phi) is 5.02. The van der Waals surface area contributed by atoms with E-state index in [1.807, 2.05) is 12.1 Å². The van der Waals surface area contributed by atoms with Gasteiger partial charge in [-0.05, 0) is 24.3 Å². The summed E-state index contributed by atoms with van der Waals surface area (Å²) < 4.78 is 43.0. The first kappa shape index (κ1) is 18.9. The second-order valence-electron chi connectivity index (χ2n) is 5.23. The van der Waals surface area contributed by atoms with Crippen molar-refractivity contribution in [3.05, 3.63) is 58.9 Å². The topological polar surface area (TPSA) is 115 Å². The van der Waals surface area contributed by atoms with Crippen LogP contribution in [0.15, 0.2) is 36.5 Å². The van der Waals surface area contributed by atoms with Crippen molar-refractivity contribution in [1.82, 2.24) is 14.3 Å². The number of hydrogen-bond donors (Lipinski definition) is 1. The number of nitrogens with one attached hydrogen (secondary N) is 1. The minimum atomic E-state index is -4.80. The van der Waals surface area contributed by atoms with Crippen LogP contribution in [0.3, 0.4) is 0 Å². The van der Waals surface area contributed by atoms with Crippen LogP contribution in [0.5, 0.6) is 0 Å². The molecule has 2 heterocycles. The molecule has 1 aromatic carbocycles. The summed E-state index contributed by atoms with van der Waals surface area (Å²) in [5.41, 5.74) is -1.50. The van der Waals surface area contributed by atoms with Crippen molar-refractivity contribution in [1.29, 1.82) is 10.5 Å². The molecule has 0 unspecified atom stereocenters. The number of halogens is 3. The number of pyridine rings is 1. The lowest BCUT2D eigenvalue weighted by Gasteiger charge is -2.10. The quantitative estimate of drug-likeness (QED) is 0.718. The van der Waals surface area contributed by atoms with Crippen LogP contribution in [0.25, 0.3) is 11.4 Å². The molecule has 3 aromatic rings. The first-order valence-corrected chi connectivity index (χ1v) is 8.23. The minimum Gasteiger partial charge on any atom is -0.297 e. The Bertz CT molecular complexity index is 1110. The molecule has 7 nitrogen and oxygen atoms in total. The van der Waals surface area contributed by atoms with Crippen LogP contribution in [-0.2, 0) is 6.18 Å². The van der Waals surface area contributed by atoms with E-state index in [0.29, 0.717) is 11.5 Å². The van der Waals surface area contributed by atoms with Gasteiger partial charge in [-0.3, -0.25) is 15.1 Å². The van der Waals surface area contributed by atoms with E-state index in [4.69, 9.17) is 0 Å². The summed E-state index contributed by atoms with van der Waals surface area (Å²) in [5.74, 6) is -1.05. The van der Waals surface area contributed by atoms with Crippen LogP contribution < -0.4 is 5.32 Å². The zero-order valence-corrected chi connectivity index (χ0v) is 14.5. The molecule has 3 rings (SSSR count). The van der Waals surface area contributed by atoms with Gasteiger partial charge in [-0.25, -0.2) is 0 Å². The molecule has 0 bridgehead atoms. The molecule has 0 aliphatic heterocycles. The SMILES string of the molecule is N#Cc1cccc(C#N)c1-c1nsc(NC(=O)c2cccnc2C(F)(F)F)n1. The van der Waals surface area contributed by atoms with Gasteiger partial charge in [0.1, 0.15) is 0 Å². The van der Waals surface area contributed by atoms with Crippen LogP contribution in [-0.4, -0.2) is 20.2 Å². The average Bonchev–Trinajstić information content (AvgIpc) is 3.14. The Morgan fingerprint density at radius 2 is 1.79 bits per heavy atom. The molecule has 0 fully saturated rings. The molecule has 0 spiro atoms. The van der Waals surface area contributed by atoms with Crippen LogP contribution in [0.1, 0.15) is 27.2 Å². The van der Waals surface area contributed by atoms with Crippen molar-refractivity contribution in [2.24, 2.45) is 0 Å². The number of nitriles is 2. The first-order chi connectivity index (χ1) is 13.3. The normalized spacial score (nSPS) is 10.8. The van der Waals surface area contributed by atoms with Gasteiger partial charge < -0.3 is 0 Å². The van der Waals surface area contributed by atoms with Crippen molar-refractivity contribution in [2.75, 3.05) is 5.32 Å². The number of carbonyl (C=O) groups is 1. The Balaban J connectivity index is 1.93. The van der Waals surface area contributed by atoms with Crippen LogP contribution >= 0.6 is 11.5 Å². The lowest BCUT2D eigenvalue weighted by Crippen LogP contribution is -2.20. The van der Waals surface area contributed by atoms with Crippen molar-refractivity contribution < 1.29 is 18.0 Å². The van der Waals surface area contributed by atoms with E-state index >= 15 is 0 Å². The number of alkyl halides is 3. The molecule has 1 amide bonds. The third-order valence-corrected chi connectivity index (χ3v) is 4.13. The fourth-order valence-electron chi connectivity index (χ4n) is 2.33. The minimum absolute atomic E-state index is 0.0104. The molecule has 0 aliphatic rings. The summed E-state index contributed by atoms with van der Waals surface area (Å²) in [6.07, 6.45) is -3.86. The number of amides is 1. The lowest BCUT2D eigenvalue weighted by atomic mass is 10.0. The third-order valence-electron chi connectivity index (χ3n) is 3.50. The summed E-state index contributed by atoms with van der Waals surface area (Å²) in [6.45, 7) is 0. The van der Waals surface area contributed by atoms with Crippen LogP contribution in [0, 0.1) is 22.7 Å². The van der Waals surface area contributed by atoms with Crippen LogP contribution in [0.4, 0.5) is 18.3 Å². The molecule has 11 heteroatoms. The van der Waals surface area contributed by atoms with E-state index < -0.39 is 23.3 Å². The maximum absolute atomic E-state index is 13.0. The molecule has 0 saturated heterocycles. The number of benzene rings is 1. The molecule has 0 radical (unpaired) electrons. The average molecular weight is 400 g/mol. The Labute approximate surface area is 159 Å². The molecule has 0 aliphatic carbocycles. The maximum Gasteiger partial charge on any atom is 0.434 e. The number of carbonyl (C=O) groups excluding carboxylic acids is 1. The summed E-state index contributed by atoms with van der Waals surface area (Å²) >= 11 is 0.706. The van der Waals surface area contributed by atoms with E-state index in [1.165, 1.54) is 24.3 Å². The first-order valence-electron chi connectivity index (χ1n) is 7.46. The predicted molar refractivity (Wildman–Crippen MR) is 92.0 cm³/mol. The van der Waals surface area contributed by atoms with Gasteiger partial charge in [-0.1, -0.05) is 6.07 Å². The largest absolute Gasteiger partial charge is 0.434 e. The lowest BCUT2D eigenvalue weighted by molar-refractivity contribution is -0.141. The highest BCUT2D eigenvalue weighted by Gasteiger charge is 2.37. The number of rotatable bonds is 3. The highest BCUT2D eigenvalue weighted by Crippen LogP contribution is 2.31. The van der Waals surface area contributed by atoms with Crippen molar-refractivity contribution in [3.8, 4) is 23.5 Å². The number of nitrogens with zero attached hydrogens (tertiary/aromatic N) is 5. The van der Waals surface area contributed by atoms with Gasteiger partial charge in [0, 0.05) is 17.7 Å². The summed E-state index contributed by atoms with van der Waals surface area (Å²) in [6, 6.07) is 10.5. The van der Waals surface area contributed by atoms with E-state index in [1.54, 1.807) is 0 Å². The summed E-state index contributed by atoms with van der Waals surface area (Å²) in [5, 5.41) is 20.6. The number of anilines is 1. The molecule has 0 atom stereocenters.